The van der Waals surface area contributed by atoms with Crippen LogP contribution in [0.2, 0.25) is 0 Å². The summed E-state index contributed by atoms with van der Waals surface area (Å²) in [4.78, 5) is 40.1. The Morgan fingerprint density at radius 3 is 2.24 bits per heavy atom. The van der Waals surface area contributed by atoms with Crippen LogP contribution in [0, 0.1) is 0 Å². The van der Waals surface area contributed by atoms with Crippen LogP contribution >= 0.6 is 11.3 Å². The molecule has 1 amide bonds. The molecule has 3 N–H and O–H groups in total. The minimum absolute atomic E-state index is 0.0821. The maximum Gasteiger partial charge on any atom is 0.407 e. The molecule has 1 aliphatic rings. The fourth-order valence-corrected chi connectivity index (χ4v) is 8.94. The average Bonchev–Trinajstić information content (AvgIpc) is 4.02. The van der Waals surface area contributed by atoms with E-state index in [1.807, 2.05) is 91.3 Å². The van der Waals surface area contributed by atoms with Gasteiger partial charge >= 0.3 is 6.09 Å². The Morgan fingerprint density at radius 2 is 1.44 bits per heavy atom. The van der Waals surface area contributed by atoms with E-state index in [4.69, 9.17) is 9.72 Å². The quantitative estimate of drug-likeness (QED) is 0.117. The van der Waals surface area contributed by atoms with Crippen molar-refractivity contribution in [3.05, 3.63) is 173 Å². The molecule has 3 aromatic heterocycles. The topological polar surface area (TPSA) is 99.9 Å². The van der Waals surface area contributed by atoms with E-state index < -0.39 is 12.1 Å². The molecule has 1 aliphatic carbocycles. The van der Waals surface area contributed by atoms with Gasteiger partial charge in [-0.3, -0.25) is 4.79 Å². The van der Waals surface area contributed by atoms with Gasteiger partial charge in [0.2, 0.25) is 0 Å². The molecule has 0 saturated carbocycles. The molecule has 8 aromatic rings. The number of aromatic nitrogens is 3. The lowest BCUT2D eigenvalue weighted by Gasteiger charge is -2.22. The van der Waals surface area contributed by atoms with E-state index in [2.05, 4.69) is 69.2 Å². The number of ether oxygens (including phenoxy) is 1. The maximum absolute atomic E-state index is 14.7. The summed E-state index contributed by atoms with van der Waals surface area (Å²) < 4.78 is 7.12. The SMILES string of the molecule is O=C(N[C@H](Cc1csc2ccccc12)C(=O)C[C@H](Cc1c[nH]c2ccccc12)c1ncc(-c2ccccc2)[nH]1)OCC1c2ccccc2-c2ccccc21. The minimum Gasteiger partial charge on any atom is -0.449 e. The van der Waals surface area contributed by atoms with E-state index in [-0.39, 0.29) is 30.6 Å². The predicted molar refractivity (Wildman–Crippen MR) is 216 cm³/mol. The van der Waals surface area contributed by atoms with Gasteiger partial charge in [-0.15, -0.1) is 11.3 Å². The van der Waals surface area contributed by atoms with Gasteiger partial charge in [0.05, 0.1) is 17.9 Å². The number of Topliss-reactive ketones (excluding diaryl/α,β-unsaturated/α-hetero) is 1. The van der Waals surface area contributed by atoms with E-state index in [9.17, 15) is 9.59 Å². The normalized spacial score (nSPS) is 13.4. The molecule has 266 valence electrons. The van der Waals surface area contributed by atoms with Crippen LogP contribution in [0.5, 0.6) is 0 Å². The highest BCUT2D eigenvalue weighted by atomic mass is 32.1. The van der Waals surface area contributed by atoms with E-state index in [0.29, 0.717) is 12.8 Å². The number of alkyl carbamates (subject to hydrolysis) is 1. The molecule has 3 heterocycles. The van der Waals surface area contributed by atoms with Crippen LogP contribution in [0.4, 0.5) is 4.79 Å². The summed E-state index contributed by atoms with van der Waals surface area (Å²) in [5, 5.41) is 7.32. The van der Waals surface area contributed by atoms with E-state index >= 15 is 0 Å². The molecule has 0 saturated heterocycles. The number of para-hydroxylation sites is 1. The van der Waals surface area contributed by atoms with Crippen molar-refractivity contribution in [2.24, 2.45) is 0 Å². The number of hydrogen-bond acceptors (Lipinski definition) is 5. The summed E-state index contributed by atoms with van der Waals surface area (Å²) in [6.45, 7) is 0.167. The number of ketones is 1. The highest BCUT2D eigenvalue weighted by Gasteiger charge is 2.31. The first kappa shape index (κ1) is 33.6. The Hall–Kier alpha value is -6.25. The number of H-pyrrole nitrogens is 2. The highest BCUT2D eigenvalue weighted by Crippen LogP contribution is 2.44. The smallest absolute Gasteiger partial charge is 0.407 e. The third kappa shape index (κ3) is 6.61. The van der Waals surface area contributed by atoms with Crippen LogP contribution < -0.4 is 5.32 Å². The second kappa shape index (κ2) is 14.6. The number of nitrogens with zero attached hydrogens (tertiary/aromatic N) is 1. The molecule has 8 heteroatoms. The van der Waals surface area contributed by atoms with Crippen LogP contribution in [-0.2, 0) is 22.4 Å². The molecule has 0 spiro atoms. The van der Waals surface area contributed by atoms with Gasteiger partial charge in [0.15, 0.2) is 5.78 Å². The number of benzene rings is 5. The molecular weight excluding hydrogens is 689 g/mol. The largest absolute Gasteiger partial charge is 0.449 e. The third-order valence-corrected chi connectivity index (χ3v) is 11.7. The number of rotatable bonds is 12. The van der Waals surface area contributed by atoms with Crippen molar-refractivity contribution in [2.75, 3.05) is 6.61 Å². The van der Waals surface area contributed by atoms with Crippen LogP contribution in [0.1, 0.15) is 46.3 Å². The second-order valence-corrected chi connectivity index (χ2v) is 14.9. The number of carbonyl (C=O) groups excluding carboxylic acids is 2. The Bertz CT molecular complexity index is 2560. The van der Waals surface area contributed by atoms with Crippen molar-refractivity contribution >= 4 is 44.2 Å². The molecule has 0 unspecified atom stereocenters. The predicted octanol–water partition coefficient (Wildman–Crippen LogP) is 10.2. The fourth-order valence-electron chi connectivity index (χ4n) is 7.96. The van der Waals surface area contributed by atoms with Crippen molar-refractivity contribution < 1.29 is 14.3 Å². The summed E-state index contributed by atoms with van der Waals surface area (Å²) in [5.74, 6) is 0.284. The molecule has 54 heavy (non-hydrogen) atoms. The van der Waals surface area contributed by atoms with Crippen molar-refractivity contribution in [3.63, 3.8) is 0 Å². The molecule has 0 aliphatic heterocycles. The molecule has 0 fully saturated rings. The Balaban J connectivity index is 0.999. The van der Waals surface area contributed by atoms with Crippen molar-refractivity contribution in [1.29, 1.82) is 0 Å². The van der Waals surface area contributed by atoms with Gasteiger partial charge < -0.3 is 20.0 Å². The summed E-state index contributed by atoms with van der Waals surface area (Å²) in [5.41, 5.74) is 9.67. The van der Waals surface area contributed by atoms with Crippen LogP contribution in [0.15, 0.2) is 145 Å². The number of thiophene rings is 1. The first-order valence-electron chi connectivity index (χ1n) is 18.3. The number of fused-ring (bicyclic) bond motifs is 5. The maximum atomic E-state index is 14.7. The number of amides is 1. The summed E-state index contributed by atoms with van der Waals surface area (Å²) in [6.07, 6.45) is 4.34. The van der Waals surface area contributed by atoms with Gasteiger partial charge in [-0.1, -0.05) is 115 Å². The third-order valence-electron chi connectivity index (χ3n) is 10.7. The lowest BCUT2D eigenvalue weighted by molar-refractivity contribution is -0.121. The Morgan fingerprint density at radius 1 is 0.759 bits per heavy atom. The zero-order chi connectivity index (χ0) is 36.4. The molecular formula is C46H38N4O3S. The average molecular weight is 727 g/mol. The lowest BCUT2D eigenvalue weighted by Crippen LogP contribution is -2.43. The van der Waals surface area contributed by atoms with Gasteiger partial charge in [0.1, 0.15) is 12.4 Å². The highest BCUT2D eigenvalue weighted by molar-refractivity contribution is 7.17. The monoisotopic (exact) mass is 726 g/mol. The van der Waals surface area contributed by atoms with Crippen LogP contribution in [0.25, 0.3) is 43.4 Å². The second-order valence-electron chi connectivity index (χ2n) is 14.0. The number of nitrogens with one attached hydrogen (secondary N) is 3. The van der Waals surface area contributed by atoms with Crippen molar-refractivity contribution in [2.45, 2.75) is 37.1 Å². The van der Waals surface area contributed by atoms with E-state index in [1.54, 1.807) is 11.3 Å². The van der Waals surface area contributed by atoms with Gasteiger partial charge in [0, 0.05) is 46.5 Å². The lowest BCUT2D eigenvalue weighted by atomic mass is 9.89. The van der Waals surface area contributed by atoms with E-state index in [0.717, 1.165) is 71.5 Å². The summed E-state index contributed by atoms with van der Waals surface area (Å²) in [7, 11) is 0. The first-order valence-corrected chi connectivity index (χ1v) is 19.2. The number of aromatic amines is 2. The van der Waals surface area contributed by atoms with Gasteiger partial charge in [-0.2, -0.15) is 0 Å². The van der Waals surface area contributed by atoms with Crippen LogP contribution in [0.3, 0.4) is 0 Å². The summed E-state index contributed by atoms with van der Waals surface area (Å²) in [6, 6.07) is 42.1. The molecule has 0 radical (unpaired) electrons. The summed E-state index contributed by atoms with van der Waals surface area (Å²) >= 11 is 1.64. The molecule has 7 nitrogen and oxygen atoms in total. The number of carbonyl (C=O) groups is 2. The van der Waals surface area contributed by atoms with Crippen molar-refractivity contribution in [1.82, 2.24) is 20.3 Å². The number of imidazole rings is 1. The van der Waals surface area contributed by atoms with Gasteiger partial charge in [0.25, 0.3) is 0 Å². The Labute approximate surface area is 317 Å². The van der Waals surface area contributed by atoms with Gasteiger partial charge in [-0.25, -0.2) is 9.78 Å². The molecule has 5 aromatic carbocycles. The fraction of sp³-hybridized carbons (Fsp3) is 0.152. The molecule has 0 bridgehead atoms. The van der Waals surface area contributed by atoms with Crippen LogP contribution in [-0.4, -0.2) is 39.5 Å². The zero-order valence-electron chi connectivity index (χ0n) is 29.5. The molecule has 9 rings (SSSR count). The minimum atomic E-state index is -0.812. The van der Waals surface area contributed by atoms with E-state index in [1.165, 1.54) is 0 Å². The Kier molecular flexibility index (Phi) is 9.10. The standard InChI is InChI=1S/C46H38N4O3S/c51-43(24-30(22-31-25-47-40-20-10-8-14-33(31)40)45-48-26-42(49-45)29-12-2-1-3-13-29)41(23-32-28-54-44-21-11-9-15-34(32)44)50-46(52)53-27-39-37-18-6-4-16-35(37)36-17-5-7-19-38(36)39/h1-21,25-26,28,30,39,41,47H,22-24,27H2,(H,48,49)(H,50,52)/t30-,41+/m0/s1. The number of hydrogen-bond donors (Lipinski definition) is 3. The first-order chi connectivity index (χ1) is 26.6. The zero-order valence-corrected chi connectivity index (χ0v) is 30.3. The van der Waals surface area contributed by atoms with Gasteiger partial charge in [-0.05, 0) is 68.3 Å². The van der Waals surface area contributed by atoms with Crippen molar-refractivity contribution in [3.8, 4) is 22.4 Å². The molecule has 2 atom stereocenters.